The number of carboxylic acid groups (broad SMARTS) is 2. The molecule has 0 bridgehead atoms. The number of aromatic amines is 3. The van der Waals surface area contributed by atoms with Crippen LogP contribution in [0.4, 0.5) is 0 Å². The monoisotopic (exact) mass is 1540 g/mol. The number of aromatic nitrogens is 5. The summed E-state index contributed by atoms with van der Waals surface area (Å²) in [4.78, 5) is 211. The number of aliphatic carboxylic acids is 2. The molecule has 0 saturated carbocycles. The molecular formula is C72H104N20O16S. The van der Waals surface area contributed by atoms with E-state index in [0.29, 0.717) is 59.1 Å². The van der Waals surface area contributed by atoms with Crippen LogP contribution in [-0.2, 0) is 92.8 Å². The molecule has 4 heterocycles. The Bertz CT molecular complexity index is 3860. The van der Waals surface area contributed by atoms with Gasteiger partial charge >= 0.3 is 11.9 Å². The molecule has 22 N–H and O–H groups in total. The number of nitrogens with zero attached hydrogens (tertiary/aromatic N) is 3. The van der Waals surface area contributed by atoms with Crippen LogP contribution in [0.15, 0.2) is 85.8 Å². The van der Waals surface area contributed by atoms with E-state index in [1.807, 2.05) is 19.9 Å². The van der Waals surface area contributed by atoms with Crippen molar-refractivity contribution in [3.05, 3.63) is 108 Å². The van der Waals surface area contributed by atoms with E-state index in [4.69, 9.17) is 17.2 Å². The zero-order valence-corrected chi connectivity index (χ0v) is 62.5. The average Bonchev–Trinajstić information content (AvgIpc) is 1.72. The Morgan fingerprint density at radius 1 is 0.532 bits per heavy atom. The standard InChI is InChI=1S/C72H104N20O16S/c1-40(2)25-51(63(98)80-36-60(94)84-55(30-45-34-77-39-82-45)71(106)92-24-14-21-58(92)70(105)89-54(31-61(95)96)68(103)85-50(20-11-13-23-74)66(101)90-56(72(107)108)27-42-15-6-5-7-16-42)86-67(102)53(28-43-32-78-48-18-9-8-17-46(43)48)88-65(100)49(19-10-12-22-73)83-59(93)35-79-64(99)52(26-41(3)4)87-69(104)57(37-109)91-62(97)47(75)29-44-33-76-38-81-44/h5-9,15-18,32-34,38-41,47,49-58,78,109H,10-14,19-31,35-37,73-75H2,1-4H3,(H,76,81)(H,77,82)(H,79,99)(H,80,98)(H,83,93)(H,84,94)(H,85,103)(H,86,102)(H,87,104)(H,88,100)(H,89,105)(H,90,101)(H,91,97)(H,95,96)(H,107,108)/t47-,49+,50+,51+,52+,53+,54+,55+,56+,57+,58+/m1/s1. The van der Waals surface area contributed by atoms with Crippen molar-refractivity contribution in [2.75, 3.05) is 38.5 Å². The summed E-state index contributed by atoms with van der Waals surface area (Å²) in [5.74, 6) is -13.5. The molecule has 0 aliphatic carbocycles. The van der Waals surface area contributed by atoms with Gasteiger partial charge in [-0.15, -0.1) is 0 Å². The summed E-state index contributed by atoms with van der Waals surface area (Å²) >= 11 is 4.24. The van der Waals surface area contributed by atoms with Gasteiger partial charge in [0.05, 0.1) is 38.2 Å². The van der Waals surface area contributed by atoms with Crippen LogP contribution in [-0.4, -0.2) is 228 Å². The van der Waals surface area contributed by atoms with Crippen LogP contribution < -0.4 is 75.7 Å². The van der Waals surface area contributed by atoms with Crippen LogP contribution in [0.3, 0.4) is 0 Å². The Balaban J connectivity index is 1.13. The molecule has 1 saturated heterocycles. The topological polar surface area (TPSA) is 566 Å². The minimum atomic E-state index is -1.81. The number of amides is 12. The molecule has 37 heteroatoms. The molecule has 594 valence electrons. The smallest absolute Gasteiger partial charge is 0.326 e. The van der Waals surface area contributed by atoms with Gasteiger partial charge in [-0.2, -0.15) is 12.6 Å². The number of unbranched alkanes of at least 4 members (excludes halogenated alkanes) is 2. The summed E-state index contributed by atoms with van der Waals surface area (Å²) in [5.41, 5.74) is 20.5. The summed E-state index contributed by atoms with van der Waals surface area (Å²) < 4.78 is 0. The van der Waals surface area contributed by atoms with Gasteiger partial charge in [-0.3, -0.25) is 62.3 Å². The predicted octanol–water partition coefficient (Wildman–Crippen LogP) is -2.36. The number of benzene rings is 2. The Kier molecular flexibility index (Phi) is 35.6. The van der Waals surface area contributed by atoms with Gasteiger partial charge in [0, 0.05) is 78.9 Å². The van der Waals surface area contributed by atoms with Crippen molar-refractivity contribution in [1.29, 1.82) is 0 Å². The molecule has 2 aromatic carbocycles. The first-order valence-corrected chi connectivity index (χ1v) is 37.0. The van der Waals surface area contributed by atoms with E-state index in [0.717, 1.165) is 4.90 Å². The summed E-state index contributed by atoms with van der Waals surface area (Å²) in [6, 6.07) is 0.772. The normalized spacial score (nSPS) is 15.4. The molecule has 36 nitrogen and oxygen atoms in total. The van der Waals surface area contributed by atoms with Gasteiger partial charge in [-0.05, 0) is 106 Å². The molecule has 5 aromatic rings. The van der Waals surface area contributed by atoms with Crippen molar-refractivity contribution >= 4 is 106 Å². The molecule has 12 amide bonds. The molecule has 0 spiro atoms. The van der Waals surface area contributed by atoms with Crippen LogP contribution in [0, 0.1) is 11.8 Å². The first-order chi connectivity index (χ1) is 52.1. The third-order valence-corrected chi connectivity index (χ3v) is 18.3. The predicted molar refractivity (Wildman–Crippen MR) is 401 cm³/mol. The lowest BCUT2D eigenvalue weighted by Crippen LogP contribution is -2.59. The van der Waals surface area contributed by atoms with Crippen LogP contribution in [0.25, 0.3) is 10.9 Å². The van der Waals surface area contributed by atoms with Crippen LogP contribution in [0.1, 0.15) is 121 Å². The summed E-state index contributed by atoms with van der Waals surface area (Å²) in [6.45, 7) is 6.18. The molecular weight excluding hydrogens is 1430 g/mol. The van der Waals surface area contributed by atoms with Gasteiger partial charge in [0.2, 0.25) is 70.9 Å². The van der Waals surface area contributed by atoms with E-state index >= 15 is 0 Å². The number of H-pyrrole nitrogens is 3. The Labute approximate surface area is 635 Å². The highest BCUT2D eigenvalue weighted by Crippen LogP contribution is 2.23. The third-order valence-electron chi connectivity index (χ3n) is 17.9. The molecule has 6 rings (SSSR count). The Morgan fingerprint density at radius 2 is 1.03 bits per heavy atom. The summed E-state index contributed by atoms with van der Waals surface area (Å²) in [5, 5.41) is 49.1. The number of imidazole rings is 2. The third kappa shape index (κ3) is 28.7. The average molecular weight is 1540 g/mol. The molecule has 109 heavy (non-hydrogen) atoms. The number of hydrogen-bond donors (Lipinski definition) is 20. The van der Waals surface area contributed by atoms with Crippen molar-refractivity contribution in [3.63, 3.8) is 0 Å². The van der Waals surface area contributed by atoms with Gasteiger partial charge in [0.25, 0.3) is 0 Å². The SMILES string of the molecule is CC(C)C[C@H](NC(=O)[C@H](CS)NC(=O)[C@H](N)Cc1cnc[nH]1)C(=O)NCC(=O)N[C@@H](CCCCN)C(=O)N[C@@H](Cc1c[nH]c2ccccc12)C(=O)N[C@@H](CC(C)C)C(=O)NCC(=O)N[C@@H](Cc1cnc[nH]1)C(=O)N1CCC[C@H]1C(=O)N[C@@H](CC(=O)O)C(=O)N[C@@H](CCCCN)C(=O)N[C@@H](Cc1ccccc1)C(=O)O. The van der Waals surface area contributed by atoms with E-state index in [1.54, 1.807) is 68.6 Å². The molecule has 1 fully saturated rings. The van der Waals surface area contributed by atoms with E-state index in [-0.39, 0.29) is 101 Å². The molecule has 11 atom stereocenters. The largest absolute Gasteiger partial charge is 0.481 e. The number of para-hydroxylation sites is 1. The lowest BCUT2D eigenvalue weighted by atomic mass is 10.00. The zero-order chi connectivity index (χ0) is 79.7. The van der Waals surface area contributed by atoms with Crippen molar-refractivity contribution in [2.24, 2.45) is 29.0 Å². The molecule has 0 unspecified atom stereocenters. The zero-order valence-electron chi connectivity index (χ0n) is 61.6. The second-order valence-corrected chi connectivity index (χ2v) is 28.0. The second-order valence-electron chi connectivity index (χ2n) is 27.7. The number of nitrogens with one attached hydrogen (secondary N) is 14. The number of rotatable bonds is 47. The first-order valence-electron chi connectivity index (χ1n) is 36.4. The van der Waals surface area contributed by atoms with Crippen molar-refractivity contribution in [1.82, 2.24) is 88.3 Å². The van der Waals surface area contributed by atoms with Crippen molar-refractivity contribution < 1.29 is 77.3 Å². The van der Waals surface area contributed by atoms with E-state index in [9.17, 15) is 77.3 Å². The van der Waals surface area contributed by atoms with E-state index in [1.165, 1.54) is 25.0 Å². The highest BCUT2D eigenvalue weighted by molar-refractivity contribution is 7.80. The number of fused-ring (bicyclic) bond motifs is 1. The minimum absolute atomic E-state index is 0.00785. The minimum Gasteiger partial charge on any atom is -0.481 e. The number of likely N-dealkylation sites (tertiary alicyclic amines) is 1. The first kappa shape index (κ1) is 87.1. The lowest BCUT2D eigenvalue weighted by molar-refractivity contribution is -0.144. The van der Waals surface area contributed by atoms with Crippen LogP contribution in [0.5, 0.6) is 0 Å². The van der Waals surface area contributed by atoms with Crippen molar-refractivity contribution in [3.8, 4) is 0 Å². The van der Waals surface area contributed by atoms with Gasteiger partial charge < -0.3 is 106 Å². The van der Waals surface area contributed by atoms with Crippen LogP contribution >= 0.6 is 12.6 Å². The lowest BCUT2D eigenvalue weighted by Gasteiger charge is -2.30. The fourth-order valence-electron chi connectivity index (χ4n) is 12.3. The van der Waals surface area contributed by atoms with E-state index in [2.05, 4.69) is 96.0 Å². The molecule has 1 aliphatic rings. The highest BCUT2D eigenvalue weighted by Gasteiger charge is 2.41. The maximum absolute atomic E-state index is 14.8. The fourth-order valence-corrected chi connectivity index (χ4v) is 12.6. The van der Waals surface area contributed by atoms with Gasteiger partial charge in [0.15, 0.2) is 0 Å². The number of nitrogens with two attached hydrogens (primary N) is 3. The number of carbonyl (C=O) groups is 14. The Hall–Kier alpha value is -10.8. The summed E-state index contributed by atoms with van der Waals surface area (Å²) in [6.07, 6.45) is 7.84. The summed E-state index contributed by atoms with van der Waals surface area (Å²) in [7, 11) is 0. The Morgan fingerprint density at radius 3 is 1.57 bits per heavy atom. The number of carbonyl (C=O) groups excluding carboxylic acids is 12. The number of thiol groups is 1. The quantitative estimate of drug-likeness (QED) is 0.0143. The van der Waals surface area contributed by atoms with Crippen LogP contribution in [0.2, 0.25) is 0 Å². The number of carboxylic acids is 2. The molecule has 1 aliphatic heterocycles. The highest BCUT2D eigenvalue weighted by atomic mass is 32.1. The van der Waals surface area contributed by atoms with Crippen molar-refractivity contribution in [2.45, 2.75) is 190 Å². The second kappa shape index (κ2) is 44.5. The number of hydrogen-bond acceptors (Lipinski definition) is 20. The van der Waals surface area contributed by atoms with Gasteiger partial charge in [-0.1, -0.05) is 76.2 Å². The van der Waals surface area contributed by atoms with Gasteiger partial charge in [0.1, 0.15) is 60.4 Å². The van der Waals surface area contributed by atoms with Gasteiger partial charge in [-0.25, -0.2) is 14.8 Å². The van der Waals surface area contributed by atoms with E-state index < -0.39 is 169 Å². The maximum Gasteiger partial charge on any atom is 0.326 e. The fraction of sp³-hybridized carbons (Fsp3) is 0.528. The maximum atomic E-state index is 14.8. The molecule has 0 radical (unpaired) electrons. The molecule has 3 aromatic heterocycles.